The molecule has 3 aromatic carbocycles. The second-order valence-corrected chi connectivity index (χ2v) is 10.0. The van der Waals surface area contributed by atoms with Gasteiger partial charge in [0.1, 0.15) is 0 Å². The molecule has 0 spiro atoms. The van der Waals surface area contributed by atoms with Gasteiger partial charge in [0.15, 0.2) is 5.69 Å². The molecule has 2 unspecified atom stereocenters. The Bertz CT molecular complexity index is 1540. The molecule has 0 N–H and O–H groups in total. The first-order valence-electron chi connectivity index (χ1n) is 12.0. The number of rotatable bonds is 4. The molecule has 3 aromatic rings. The Morgan fingerprint density at radius 3 is 2.50 bits per heavy atom. The number of imide groups is 1. The van der Waals surface area contributed by atoms with Gasteiger partial charge >= 0.3 is 0 Å². The first-order valence-corrected chi connectivity index (χ1v) is 12.0. The molecule has 36 heavy (non-hydrogen) atoms. The molecule has 6 nitrogen and oxygen atoms in total. The molecular weight excluding hydrogens is 450 g/mol. The van der Waals surface area contributed by atoms with E-state index in [1.807, 2.05) is 55.5 Å². The Labute approximate surface area is 209 Å². The molecule has 6 heteroatoms. The second-order valence-electron chi connectivity index (χ2n) is 10.0. The van der Waals surface area contributed by atoms with E-state index in [0.29, 0.717) is 29.8 Å². The van der Waals surface area contributed by atoms with Gasteiger partial charge in [-0.1, -0.05) is 54.6 Å². The Balaban J connectivity index is 1.36. The third-order valence-corrected chi connectivity index (χ3v) is 8.06. The van der Waals surface area contributed by atoms with E-state index in [4.69, 9.17) is 16.6 Å². The molecule has 6 rings (SSSR count). The number of hydrogen-bond acceptors (Lipinski definition) is 4. The van der Waals surface area contributed by atoms with Crippen molar-refractivity contribution in [3.05, 3.63) is 89.3 Å². The molecule has 3 heterocycles. The highest BCUT2D eigenvalue weighted by Crippen LogP contribution is 2.62. The second kappa shape index (κ2) is 7.88. The smallest absolute Gasteiger partial charge is 0.240 e. The molecule has 2 bridgehead atoms. The molecule has 4 atom stereocenters. The van der Waals surface area contributed by atoms with Gasteiger partial charge in [-0.05, 0) is 60.7 Å². The summed E-state index contributed by atoms with van der Waals surface area (Å²) >= 11 is 0. The molecular formula is C30H23N3O3. The van der Waals surface area contributed by atoms with Crippen LogP contribution in [0.25, 0.3) is 21.7 Å². The van der Waals surface area contributed by atoms with Crippen molar-refractivity contribution >= 4 is 40.0 Å². The highest BCUT2D eigenvalue weighted by Gasteiger charge is 2.73. The van der Waals surface area contributed by atoms with Crippen LogP contribution in [0.5, 0.6) is 0 Å². The number of amides is 2. The molecule has 0 saturated carbocycles. The van der Waals surface area contributed by atoms with Crippen LogP contribution in [0, 0.1) is 29.7 Å². The van der Waals surface area contributed by atoms with Gasteiger partial charge in [-0.25, -0.2) is 9.74 Å². The number of benzene rings is 3. The van der Waals surface area contributed by atoms with E-state index in [0.717, 1.165) is 22.8 Å². The molecule has 0 radical (unpaired) electrons. The minimum absolute atomic E-state index is 0.217. The lowest BCUT2D eigenvalue weighted by atomic mass is 9.67. The van der Waals surface area contributed by atoms with Crippen LogP contribution < -0.4 is 4.90 Å². The number of anilines is 1. The topological polar surface area (TPSA) is 74.8 Å². The number of nitrogens with zero attached hydrogens (tertiary/aromatic N) is 3. The summed E-state index contributed by atoms with van der Waals surface area (Å²) in [4.78, 5) is 32.7. The van der Waals surface area contributed by atoms with Gasteiger partial charge in [0, 0.05) is 0 Å². The van der Waals surface area contributed by atoms with Crippen LogP contribution in [0.3, 0.4) is 0 Å². The average molecular weight is 474 g/mol. The fourth-order valence-electron chi connectivity index (χ4n) is 6.41. The van der Waals surface area contributed by atoms with E-state index in [-0.39, 0.29) is 11.8 Å². The highest BCUT2D eigenvalue weighted by atomic mass is 16.5. The summed E-state index contributed by atoms with van der Waals surface area (Å²) in [5.74, 6) is -1.51. The number of carbonyl (C=O) groups is 2. The number of hydrogen-bond donors (Lipinski definition) is 0. The lowest BCUT2D eigenvalue weighted by Crippen LogP contribution is -2.41. The van der Waals surface area contributed by atoms with Crippen molar-refractivity contribution in [1.29, 1.82) is 5.26 Å². The summed E-state index contributed by atoms with van der Waals surface area (Å²) in [7, 11) is 0. The number of carbonyl (C=O) groups excluding carboxylic acids is 2. The van der Waals surface area contributed by atoms with Crippen LogP contribution in [-0.2, 0) is 14.3 Å². The lowest BCUT2D eigenvalue weighted by Gasteiger charge is -2.30. The van der Waals surface area contributed by atoms with Crippen LogP contribution in [0.1, 0.15) is 37.3 Å². The van der Waals surface area contributed by atoms with Gasteiger partial charge in [-0.15, -0.1) is 0 Å². The van der Waals surface area contributed by atoms with Crippen LogP contribution in [-0.4, -0.2) is 23.0 Å². The van der Waals surface area contributed by atoms with Crippen LogP contribution >= 0.6 is 0 Å². The van der Waals surface area contributed by atoms with Crippen molar-refractivity contribution in [2.75, 3.05) is 4.90 Å². The van der Waals surface area contributed by atoms with Crippen molar-refractivity contribution < 1.29 is 14.3 Å². The zero-order valence-electron chi connectivity index (χ0n) is 19.8. The van der Waals surface area contributed by atoms with Crippen LogP contribution in [0.2, 0.25) is 0 Å². The number of ether oxygens (including phenoxy) is 1. The van der Waals surface area contributed by atoms with E-state index in [9.17, 15) is 9.59 Å². The van der Waals surface area contributed by atoms with E-state index in [2.05, 4.69) is 10.9 Å². The fraction of sp³-hybridized carbons (Fsp3) is 0.267. The van der Waals surface area contributed by atoms with Gasteiger partial charge in [0.2, 0.25) is 11.8 Å². The van der Waals surface area contributed by atoms with Gasteiger partial charge in [0.05, 0.1) is 46.9 Å². The zero-order valence-corrected chi connectivity index (χ0v) is 19.8. The van der Waals surface area contributed by atoms with Crippen molar-refractivity contribution in [3.8, 4) is 6.07 Å². The Hall–Kier alpha value is -4.26. The van der Waals surface area contributed by atoms with Crippen molar-refractivity contribution in [1.82, 2.24) is 0 Å². The third-order valence-electron chi connectivity index (χ3n) is 8.06. The summed E-state index contributed by atoms with van der Waals surface area (Å²) in [5.41, 5.74) is 1.19. The van der Waals surface area contributed by atoms with Crippen LogP contribution in [0.15, 0.2) is 66.7 Å². The zero-order chi connectivity index (χ0) is 25.1. The predicted octanol–water partition coefficient (Wildman–Crippen LogP) is 5.79. The Morgan fingerprint density at radius 2 is 1.78 bits per heavy atom. The Kier molecular flexibility index (Phi) is 4.86. The third kappa shape index (κ3) is 3.05. The molecule has 3 saturated heterocycles. The molecule has 3 aliphatic heterocycles. The molecule has 0 aliphatic carbocycles. The lowest BCUT2D eigenvalue weighted by molar-refractivity contribution is -0.130. The first kappa shape index (κ1) is 22.2. The number of nitriles is 1. The minimum atomic E-state index is -0.726. The predicted molar refractivity (Wildman–Crippen MR) is 136 cm³/mol. The summed E-state index contributed by atoms with van der Waals surface area (Å²) in [6, 6.07) is 20.2. The van der Waals surface area contributed by atoms with Gasteiger partial charge < -0.3 is 4.74 Å². The van der Waals surface area contributed by atoms with Crippen LogP contribution in [0.4, 0.5) is 11.4 Å². The standard InChI is InChI=1S/C30H23N3O3/c1-29-16-17-30(36-29,15-5-6-19-9-11-20(18-31)12-10-19)26-25(29)27(34)33(28(26)35)24-14-13-23(32-2)21-7-3-4-8-22(21)24/h3-14,25-26H,15-17H2,1H3/b6-5-/t25-,26+,29?,30?/m1/s1. The average Bonchev–Trinajstić information content (AvgIpc) is 3.48. The maximum absolute atomic E-state index is 13.9. The first-order chi connectivity index (χ1) is 17.4. The summed E-state index contributed by atoms with van der Waals surface area (Å²) in [6.07, 6.45) is 5.94. The molecule has 2 amide bonds. The molecule has 3 fully saturated rings. The van der Waals surface area contributed by atoms with Gasteiger partial charge in [-0.2, -0.15) is 5.26 Å². The number of fused-ring (bicyclic) bond motifs is 6. The van der Waals surface area contributed by atoms with Gasteiger partial charge in [-0.3, -0.25) is 9.59 Å². The fourth-order valence-corrected chi connectivity index (χ4v) is 6.41. The summed E-state index contributed by atoms with van der Waals surface area (Å²) in [5, 5.41) is 10.5. The molecule has 0 aromatic heterocycles. The van der Waals surface area contributed by atoms with E-state index >= 15 is 0 Å². The monoisotopic (exact) mass is 473 g/mol. The summed E-state index contributed by atoms with van der Waals surface area (Å²) < 4.78 is 6.54. The highest BCUT2D eigenvalue weighted by molar-refractivity contribution is 6.26. The van der Waals surface area contributed by atoms with Crippen molar-refractivity contribution in [2.45, 2.75) is 37.4 Å². The van der Waals surface area contributed by atoms with Crippen molar-refractivity contribution in [3.63, 3.8) is 0 Å². The maximum Gasteiger partial charge on any atom is 0.240 e. The normalized spacial score (nSPS) is 28.6. The van der Waals surface area contributed by atoms with E-state index in [1.54, 1.807) is 24.3 Å². The van der Waals surface area contributed by atoms with Crippen molar-refractivity contribution in [2.24, 2.45) is 11.8 Å². The largest absolute Gasteiger partial charge is 0.367 e. The van der Waals surface area contributed by atoms with Gasteiger partial charge in [0.25, 0.3) is 0 Å². The van der Waals surface area contributed by atoms with E-state index < -0.39 is 23.0 Å². The summed E-state index contributed by atoms with van der Waals surface area (Å²) in [6.45, 7) is 9.44. The molecule has 3 aliphatic rings. The molecule has 176 valence electrons. The minimum Gasteiger partial charge on any atom is -0.367 e. The maximum atomic E-state index is 13.9. The quantitative estimate of drug-likeness (QED) is 0.355. The van der Waals surface area contributed by atoms with E-state index in [1.165, 1.54) is 4.90 Å². The Morgan fingerprint density at radius 1 is 1.06 bits per heavy atom. The SMILES string of the molecule is [C-]#[N+]c1ccc(N2C(=O)[C@@H]3[C@H](C2=O)C2(C)CCC3(C/C=C\c3ccc(C#N)cc3)O2)c2ccccc12.